The molecule has 0 fully saturated rings. The summed E-state index contributed by atoms with van der Waals surface area (Å²) in [5, 5.41) is 16.9. The summed E-state index contributed by atoms with van der Waals surface area (Å²) in [5.74, 6) is -4.59. The number of fused-ring (bicyclic) bond motifs is 1. The lowest BCUT2D eigenvalue weighted by atomic mass is 9.84. The average Bonchev–Trinajstić information content (AvgIpc) is 3.03. The van der Waals surface area contributed by atoms with Crippen molar-refractivity contribution < 1.29 is 31.1 Å². The topological polar surface area (TPSA) is 98.2 Å². The maximum Gasteiger partial charge on any atom is 0.238 e. The van der Waals surface area contributed by atoms with Crippen molar-refractivity contribution in [3.63, 3.8) is 0 Å². The van der Waals surface area contributed by atoms with Gasteiger partial charge >= 0.3 is 0 Å². The fraction of sp³-hybridized carbons (Fsp3) is 0.0952. The smallest absolute Gasteiger partial charge is 0.238 e. The van der Waals surface area contributed by atoms with Crippen LogP contribution in [0.3, 0.4) is 0 Å². The van der Waals surface area contributed by atoms with Crippen molar-refractivity contribution in [1.29, 1.82) is 0 Å². The summed E-state index contributed by atoms with van der Waals surface area (Å²) in [6.07, 6.45) is 0. The third-order valence-corrected chi connectivity index (χ3v) is 6.06. The highest BCUT2D eigenvalue weighted by molar-refractivity contribution is 7.89. The summed E-state index contributed by atoms with van der Waals surface area (Å²) in [6.45, 7) is 0. The van der Waals surface area contributed by atoms with Gasteiger partial charge in [0.15, 0.2) is 11.4 Å². The molecule has 4 rings (SSSR count). The summed E-state index contributed by atoms with van der Waals surface area (Å²) in [5.41, 5.74) is -3.37. The molecule has 0 saturated heterocycles. The molecule has 0 aliphatic carbocycles. The highest BCUT2D eigenvalue weighted by Gasteiger charge is 2.43. The lowest BCUT2D eigenvalue weighted by Crippen LogP contribution is -2.34. The molecule has 3 aromatic carbocycles. The molecule has 0 aliphatic rings. The molecule has 166 valence electrons. The molecule has 1 aromatic heterocycles. The molecule has 0 atom stereocenters. The zero-order chi connectivity index (χ0) is 23.4. The maximum absolute atomic E-state index is 14.8. The van der Waals surface area contributed by atoms with Gasteiger partial charge in [-0.25, -0.2) is 36.1 Å². The van der Waals surface area contributed by atoms with Crippen molar-refractivity contribution in [2.24, 2.45) is 12.2 Å². The zero-order valence-corrected chi connectivity index (χ0v) is 17.2. The fourth-order valence-electron chi connectivity index (χ4n) is 3.62. The Bertz CT molecular complexity index is 1430. The quantitative estimate of drug-likeness (QED) is 0.453. The minimum absolute atomic E-state index is 0.176. The van der Waals surface area contributed by atoms with Crippen LogP contribution in [-0.2, 0) is 22.7 Å². The molecule has 0 aliphatic heterocycles. The van der Waals surface area contributed by atoms with Crippen molar-refractivity contribution in [2.75, 3.05) is 0 Å². The number of sulfonamides is 1. The first kappa shape index (κ1) is 21.9. The highest BCUT2D eigenvalue weighted by atomic mass is 32.2. The number of halogens is 4. The molecule has 0 saturated carbocycles. The van der Waals surface area contributed by atoms with Crippen LogP contribution in [0.15, 0.2) is 59.5 Å². The predicted molar refractivity (Wildman–Crippen MR) is 107 cm³/mol. The zero-order valence-electron chi connectivity index (χ0n) is 16.4. The van der Waals surface area contributed by atoms with Gasteiger partial charge in [0.2, 0.25) is 10.0 Å². The fourth-order valence-corrected chi connectivity index (χ4v) is 4.16. The number of aromatic nitrogens is 2. The van der Waals surface area contributed by atoms with Crippen LogP contribution >= 0.6 is 0 Å². The average molecular weight is 465 g/mol. The monoisotopic (exact) mass is 465 g/mol. The Kier molecular flexibility index (Phi) is 5.07. The molecule has 1 heterocycles. The molecule has 0 spiro atoms. The Morgan fingerprint density at radius 1 is 0.906 bits per heavy atom. The van der Waals surface area contributed by atoms with E-state index in [1.54, 1.807) is 0 Å². The van der Waals surface area contributed by atoms with Gasteiger partial charge < -0.3 is 9.67 Å². The van der Waals surface area contributed by atoms with Gasteiger partial charge in [0.25, 0.3) is 0 Å². The molecule has 0 unspecified atom stereocenters. The number of aryl methyl sites for hydroxylation is 1. The van der Waals surface area contributed by atoms with Gasteiger partial charge in [0.1, 0.15) is 23.3 Å². The molecule has 0 amide bonds. The third-order valence-electron chi connectivity index (χ3n) is 5.15. The summed E-state index contributed by atoms with van der Waals surface area (Å²) >= 11 is 0. The van der Waals surface area contributed by atoms with Crippen LogP contribution < -0.4 is 5.14 Å². The number of aliphatic hydroxyl groups is 1. The predicted octanol–water partition coefficient (Wildman–Crippen LogP) is 3.06. The first-order valence-electron chi connectivity index (χ1n) is 9.06. The molecule has 6 nitrogen and oxygen atoms in total. The molecule has 32 heavy (non-hydrogen) atoms. The molecule has 3 N–H and O–H groups in total. The molecular formula is C21H15F4N3O3S. The standard InChI is InChI=1S/C21H15F4N3O3S/c1-28-19-10-13(32(26,30)31)4-7-18(19)27-20(28)21(29,14-5-2-11(22)8-16(14)24)15-6-3-12(23)9-17(15)25/h2-10,29H,1H3,(H2,26,30,31). The van der Waals surface area contributed by atoms with E-state index in [4.69, 9.17) is 5.14 Å². The van der Waals surface area contributed by atoms with E-state index in [9.17, 15) is 31.1 Å². The van der Waals surface area contributed by atoms with E-state index in [1.807, 2.05) is 0 Å². The second kappa shape index (κ2) is 7.40. The minimum Gasteiger partial charge on any atom is -0.373 e. The summed E-state index contributed by atoms with van der Waals surface area (Å²) in [6, 6.07) is 8.26. The van der Waals surface area contributed by atoms with Gasteiger partial charge in [-0.1, -0.05) is 0 Å². The van der Waals surface area contributed by atoms with E-state index in [1.165, 1.54) is 29.8 Å². The van der Waals surface area contributed by atoms with Crippen molar-refractivity contribution in [3.05, 3.63) is 94.8 Å². The van der Waals surface area contributed by atoms with E-state index < -0.39 is 50.0 Å². The number of hydrogen-bond acceptors (Lipinski definition) is 4. The molecule has 0 bridgehead atoms. The number of nitrogens with two attached hydrogens (primary N) is 1. The van der Waals surface area contributed by atoms with E-state index >= 15 is 0 Å². The number of nitrogens with zero attached hydrogens (tertiary/aromatic N) is 2. The van der Waals surface area contributed by atoms with Gasteiger partial charge in [0, 0.05) is 30.3 Å². The van der Waals surface area contributed by atoms with Crippen LogP contribution in [0.25, 0.3) is 11.0 Å². The first-order valence-corrected chi connectivity index (χ1v) is 10.6. The Morgan fingerprint density at radius 2 is 1.44 bits per heavy atom. The number of imidazole rings is 1. The van der Waals surface area contributed by atoms with Crippen LogP contribution in [0.1, 0.15) is 17.0 Å². The molecular weight excluding hydrogens is 450 g/mol. The van der Waals surface area contributed by atoms with Gasteiger partial charge in [-0.2, -0.15) is 0 Å². The number of benzene rings is 3. The summed E-state index contributed by atoms with van der Waals surface area (Å²) in [7, 11) is -2.69. The largest absolute Gasteiger partial charge is 0.373 e. The normalized spacial score (nSPS) is 12.5. The second-order valence-electron chi connectivity index (χ2n) is 7.15. The molecule has 0 radical (unpaired) electrons. The van der Waals surface area contributed by atoms with Gasteiger partial charge in [0.05, 0.1) is 15.9 Å². The van der Waals surface area contributed by atoms with E-state index in [-0.39, 0.29) is 21.8 Å². The maximum atomic E-state index is 14.8. The van der Waals surface area contributed by atoms with E-state index in [0.29, 0.717) is 12.1 Å². The third kappa shape index (κ3) is 3.44. The van der Waals surface area contributed by atoms with Gasteiger partial charge in [-0.15, -0.1) is 0 Å². The second-order valence-corrected chi connectivity index (χ2v) is 8.71. The summed E-state index contributed by atoms with van der Waals surface area (Å²) < 4.78 is 81.3. The lowest BCUT2D eigenvalue weighted by Gasteiger charge is -2.29. The lowest BCUT2D eigenvalue weighted by molar-refractivity contribution is 0.104. The van der Waals surface area contributed by atoms with Gasteiger partial charge in [-0.05, 0) is 42.5 Å². The first-order chi connectivity index (χ1) is 14.9. The minimum atomic E-state index is -4.07. The van der Waals surface area contributed by atoms with E-state index in [0.717, 1.165) is 24.3 Å². The molecule has 4 aromatic rings. The van der Waals surface area contributed by atoms with Crippen LogP contribution in [0, 0.1) is 23.3 Å². The highest BCUT2D eigenvalue weighted by Crippen LogP contribution is 2.40. The van der Waals surface area contributed by atoms with Gasteiger partial charge in [-0.3, -0.25) is 0 Å². The van der Waals surface area contributed by atoms with E-state index in [2.05, 4.69) is 4.98 Å². The molecule has 11 heteroatoms. The van der Waals surface area contributed by atoms with Crippen molar-refractivity contribution in [2.45, 2.75) is 10.5 Å². The van der Waals surface area contributed by atoms with Crippen LogP contribution in [0.2, 0.25) is 0 Å². The van der Waals surface area contributed by atoms with Crippen molar-refractivity contribution >= 4 is 21.1 Å². The number of primary sulfonamides is 1. The van der Waals surface area contributed by atoms with Crippen LogP contribution in [0.4, 0.5) is 17.6 Å². The van der Waals surface area contributed by atoms with Crippen LogP contribution in [-0.4, -0.2) is 23.1 Å². The Balaban J connectivity index is 2.09. The number of hydrogen-bond donors (Lipinski definition) is 2. The Morgan fingerprint density at radius 3 is 1.91 bits per heavy atom. The van der Waals surface area contributed by atoms with Crippen molar-refractivity contribution in [1.82, 2.24) is 9.55 Å². The van der Waals surface area contributed by atoms with Crippen LogP contribution in [0.5, 0.6) is 0 Å². The summed E-state index contributed by atoms with van der Waals surface area (Å²) in [4.78, 5) is 4.00. The Hall–Kier alpha value is -3.28. The van der Waals surface area contributed by atoms with Crippen molar-refractivity contribution in [3.8, 4) is 0 Å². The Labute approximate surface area is 179 Å². The SMILES string of the molecule is Cn1c(C(O)(c2ccc(F)cc2F)c2ccc(F)cc2F)nc2ccc(S(N)(=O)=O)cc21. The number of rotatable bonds is 4.